The van der Waals surface area contributed by atoms with Crippen LogP contribution in [0.1, 0.15) is 15.9 Å². The van der Waals surface area contributed by atoms with Gasteiger partial charge < -0.3 is 4.74 Å². The Morgan fingerprint density at radius 1 is 0.947 bits per heavy atom. The number of esters is 1. The Bertz CT molecular complexity index is 621. The van der Waals surface area contributed by atoms with E-state index in [1.54, 1.807) is 12.1 Å². The van der Waals surface area contributed by atoms with Gasteiger partial charge in [0.1, 0.15) is 5.75 Å². The molecule has 0 fully saturated rings. The predicted molar refractivity (Wildman–Crippen MR) is 101 cm³/mol. The van der Waals surface area contributed by atoms with Crippen LogP contribution in [0.5, 0.6) is 5.75 Å². The number of hydrogen-bond donors (Lipinski definition) is 0. The number of ether oxygens (including phenoxy) is 1. The molecule has 0 unspecified atom stereocenters. The van der Waals surface area contributed by atoms with Crippen molar-refractivity contribution in [3.05, 3.63) is 58.2 Å². The molecule has 0 aliphatic rings. The lowest BCUT2D eigenvalue weighted by molar-refractivity contribution is 0.0732. The highest BCUT2D eigenvalue weighted by atomic mass is 127. The Labute approximate surface area is 152 Å². The van der Waals surface area contributed by atoms with Crippen molar-refractivity contribution in [1.29, 1.82) is 0 Å². The maximum atomic E-state index is 12.3. The lowest BCUT2D eigenvalue weighted by Crippen LogP contribution is -2.13. The highest BCUT2D eigenvalue weighted by Gasteiger charge is 2.18. The fraction of sp³-hybridized carbons (Fsp3) is 0.0714. The van der Waals surface area contributed by atoms with Crippen molar-refractivity contribution in [1.82, 2.24) is 0 Å². The second kappa shape index (κ2) is 6.70. The standard InChI is InChI=1S/C14H9I3O2/c1-8-2-4-9(5-3-8)19-14(18)12-10(15)6-7-11(16)13(12)17/h2-7H,1H3. The van der Waals surface area contributed by atoms with E-state index in [4.69, 9.17) is 4.74 Å². The van der Waals surface area contributed by atoms with Gasteiger partial charge in [-0.25, -0.2) is 4.79 Å². The van der Waals surface area contributed by atoms with E-state index in [2.05, 4.69) is 67.8 Å². The normalized spacial score (nSPS) is 10.3. The summed E-state index contributed by atoms with van der Waals surface area (Å²) in [4.78, 5) is 12.3. The van der Waals surface area contributed by atoms with Gasteiger partial charge in [0, 0.05) is 10.7 Å². The zero-order valence-electron chi connectivity index (χ0n) is 9.91. The molecule has 2 rings (SSSR count). The number of rotatable bonds is 2. The summed E-state index contributed by atoms with van der Waals surface area (Å²) >= 11 is 6.55. The minimum Gasteiger partial charge on any atom is -0.423 e. The topological polar surface area (TPSA) is 26.3 Å². The van der Waals surface area contributed by atoms with Crippen molar-refractivity contribution in [2.45, 2.75) is 6.92 Å². The van der Waals surface area contributed by atoms with E-state index in [0.29, 0.717) is 11.3 Å². The van der Waals surface area contributed by atoms with E-state index in [9.17, 15) is 4.79 Å². The molecule has 2 aromatic rings. The van der Waals surface area contributed by atoms with Gasteiger partial charge >= 0.3 is 5.97 Å². The maximum absolute atomic E-state index is 12.3. The number of benzene rings is 2. The van der Waals surface area contributed by atoms with Crippen LogP contribution in [-0.2, 0) is 0 Å². The summed E-state index contributed by atoms with van der Waals surface area (Å²) < 4.78 is 8.31. The fourth-order valence-corrected chi connectivity index (χ4v) is 3.80. The van der Waals surface area contributed by atoms with Gasteiger partial charge in [0.15, 0.2) is 0 Å². The third-order valence-corrected chi connectivity index (χ3v) is 6.43. The number of carbonyl (C=O) groups is 1. The average molecular weight is 590 g/mol. The molecule has 0 saturated carbocycles. The summed E-state index contributed by atoms with van der Waals surface area (Å²) in [5, 5.41) is 0. The summed E-state index contributed by atoms with van der Waals surface area (Å²) in [7, 11) is 0. The van der Waals surface area contributed by atoms with Crippen LogP contribution in [0.2, 0.25) is 0 Å². The van der Waals surface area contributed by atoms with Gasteiger partial charge in [-0.15, -0.1) is 0 Å². The molecule has 2 aromatic carbocycles. The zero-order chi connectivity index (χ0) is 14.0. The molecule has 0 amide bonds. The largest absolute Gasteiger partial charge is 0.423 e. The summed E-state index contributed by atoms with van der Waals surface area (Å²) in [5.74, 6) is 0.261. The Balaban J connectivity index is 2.30. The molecule has 0 aromatic heterocycles. The third-order valence-electron chi connectivity index (χ3n) is 2.48. The molecule has 0 heterocycles. The molecule has 0 bridgehead atoms. The second-order valence-corrected chi connectivity index (χ2v) is 7.32. The SMILES string of the molecule is Cc1ccc(OC(=O)c2c(I)ccc(I)c2I)cc1. The van der Waals surface area contributed by atoms with Crippen LogP contribution in [0.15, 0.2) is 36.4 Å². The van der Waals surface area contributed by atoms with Crippen LogP contribution >= 0.6 is 67.8 Å². The minimum atomic E-state index is -0.309. The van der Waals surface area contributed by atoms with E-state index < -0.39 is 0 Å². The van der Waals surface area contributed by atoms with Crippen LogP contribution in [0, 0.1) is 17.6 Å². The number of aryl methyl sites for hydroxylation is 1. The average Bonchev–Trinajstić information content (AvgIpc) is 2.37. The second-order valence-electron chi connectivity index (χ2n) is 3.92. The minimum absolute atomic E-state index is 0.309. The molecule has 0 spiro atoms. The molecular formula is C14H9I3O2. The summed E-state index contributed by atoms with van der Waals surface area (Å²) in [6.07, 6.45) is 0. The first kappa shape index (κ1) is 15.5. The molecule has 2 nitrogen and oxygen atoms in total. The molecule has 5 heteroatoms. The Morgan fingerprint density at radius 3 is 2.16 bits per heavy atom. The van der Waals surface area contributed by atoms with Gasteiger partial charge in [-0.1, -0.05) is 17.7 Å². The molecule has 19 heavy (non-hydrogen) atoms. The van der Waals surface area contributed by atoms with E-state index in [0.717, 1.165) is 16.3 Å². The summed E-state index contributed by atoms with van der Waals surface area (Å²) in [5.41, 5.74) is 1.77. The highest BCUT2D eigenvalue weighted by Crippen LogP contribution is 2.25. The van der Waals surface area contributed by atoms with Crippen LogP contribution in [0.4, 0.5) is 0 Å². The number of carbonyl (C=O) groups excluding carboxylic acids is 1. The van der Waals surface area contributed by atoms with Crippen molar-refractivity contribution in [2.75, 3.05) is 0 Å². The molecule has 0 aliphatic heterocycles. The van der Waals surface area contributed by atoms with Crippen molar-refractivity contribution < 1.29 is 9.53 Å². The first-order valence-electron chi connectivity index (χ1n) is 5.41. The van der Waals surface area contributed by atoms with Crippen molar-refractivity contribution in [2.24, 2.45) is 0 Å². The Morgan fingerprint density at radius 2 is 1.53 bits per heavy atom. The number of hydrogen-bond acceptors (Lipinski definition) is 2. The fourth-order valence-electron chi connectivity index (χ4n) is 1.48. The smallest absolute Gasteiger partial charge is 0.345 e. The van der Waals surface area contributed by atoms with Gasteiger partial charge in [0.25, 0.3) is 0 Å². The molecule has 0 aliphatic carbocycles. The first-order valence-corrected chi connectivity index (χ1v) is 8.65. The van der Waals surface area contributed by atoms with E-state index >= 15 is 0 Å². The Hall–Kier alpha value is 0.1000. The first-order chi connectivity index (χ1) is 8.99. The van der Waals surface area contributed by atoms with E-state index in [1.165, 1.54) is 0 Å². The van der Waals surface area contributed by atoms with Crippen molar-refractivity contribution >= 4 is 73.7 Å². The Kier molecular flexibility index (Phi) is 5.46. The molecule has 98 valence electrons. The van der Waals surface area contributed by atoms with E-state index in [1.807, 2.05) is 31.2 Å². The predicted octanol–water partition coefficient (Wildman–Crippen LogP) is 5.03. The van der Waals surface area contributed by atoms with Gasteiger partial charge in [0.05, 0.1) is 5.56 Å². The third kappa shape index (κ3) is 3.81. The maximum Gasteiger partial charge on any atom is 0.345 e. The van der Waals surface area contributed by atoms with Crippen LogP contribution < -0.4 is 4.74 Å². The molecule has 0 atom stereocenters. The van der Waals surface area contributed by atoms with Crippen LogP contribution in [0.25, 0.3) is 0 Å². The molecular weight excluding hydrogens is 581 g/mol. The monoisotopic (exact) mass is 590 g/mol. The quantitative estimate of drug-likeness (QED) is 0.213. The summed E-state index contributed by atoms with van der Waals surface area (Å²) in [6.45, 7) is 2.00. The van der Waals surface area contributed by atoms with Gasteiger partial charge in [-0.05, 0) is 99.0 Å². The molecule has 0 saturated heterocycles. The van der Waals surface area contributed by atoms with Crippen LogP contribution in [0.3, 0.4) is 0 Å². The number of halogens is 3. The lowest BCUT2D eigenvalue weighted by atomic mass is 10.2. The summed E-state index contributed by atoms with van der Waals surface area (Å²) in [6, 6.07) is 11.4. The van der Waals surface area contributed by atoms with Crippen molar-refractivity contribution in [3.8, 4) is 5.75 Å². The zero-order valence-corrected chi connectivity index (χ0v) is 16.4. The van der Waals surface area contributed by atoms with Crippen molar-refractivity contribution in [3.63, 3.8) is 0 Å². The van der Waals surface area contributed by atoms with Gasteiger partial charge in [-0.2, -0.15) is 0 Å². The molecule has 0 N–H and O–H groups in total. The highest BCUT2D eigenvalue weighted by molar-refractivity contribution is 14.1. The van der Waals surface area contributed by atoms with Gasteiger partial charge in [0.2, 0.25) is 0 Å². The van der Waals surface area contributed by atoms with Crippen LogP contribution in [-0.4, -0.2) is 5.97 Å². The lowest BCUT2D eigenvalue weighted by Gasteiger charge is -2.09. The van der Waals surface area contributed by atoms with Gasteiger partial charge in [-0.3, -0.25) is 0 Å². The molecule has 0 radical (unpaired) electrons. The van der Waals surface area contributed by atoms with E-state index in [-0.39, 0.29) is 5.97 Å².